The number of esters is 2. The zero-order chi connectivity index (χ0) is 49.8. The number of hydrogen-bond donors (Lipinski definition) is 4. The van der Waals surface area contributed by atoms with Crippen LogP contribution in [0, 0.1) is 0 Å². The molecule has 68 heavy (non-hydrogen) atoms. The van der Waals surface area contributed by atoms with E-state index in [9.17, 15) is 37.9 Å². The van der Waals surface area contributed by atoms with Gasteiger partial charge in [0.2, 0.25) is 0 Å². The molecule has 6 unspecified atom stereocenters. The van der Waals surface area contributed by atoms with Crippen LogP contribution < -0.4 is 0 Å². The molecule has 13 heteroatoms. The van der Waals surface area contributed by atoms with Crippen LogP contribution in [-0.2, 0) is 38.7 Å². The lowest BCUT2D eigenvalue weighted by molar-refractivity contribution is -0.297. The Balaban J connectivity index is 2.38. The average Bonchev–Trinajstić information content (AvgIpc) is 3.31. The second kappa shape index (κ2) is 44.1. The van der Waals surface area contributed by atoms with Crippen LogP contribution in [0.2, 0.25) is 0 Å². The van der Waals surface area contributed by atoms with Crippen molar-refractivity contribution in [2.24, 2.45) is 0 Å². The highest BCUT2D eigenvalue weighted by atomic mass is 32.2. The molecule has 0 aromatic rings. The van der Waals surface area contributed by atoms with E-state index in [0.29, 0.717) is 12.8 Å². The fourth-order valence-corrected chi connectivity index (χ4v) is 8.39. The molecule has 392 valence electrons. The lowest BCUT2D eigenvalue weighted by atomic mass is 10.00. The van der Waals surface area contributed by atoms with E-state index >= 15 is 0 Å². The standard InChI is InChI=1S/C55H94O12S/c1-3-5-7-9-11-13-15-17-19-21-23-24-26-27-29-31-33-35-37-39-41-43-50(56)64-45-48(46-65-55-54(60)53(59)52(58)49(67-55)47-68(61,62)63)66-51(57)44-42-40-38-36-34-32-30-28-25-22-20-18-16-14-12-10-8-6-4-2/h6,8,12,14-15,17-18,20-21,23,25,28,48-49,52-55,58-60H,3-5,7,9-11,13,16,19,22,24,26-27,29-47H2,1-2H3,(H,61,62,63)/b8-6-,14-12-,17-15-,20-18-,23-21-,28-25-. The van der Waals surface area contributed by atoms with E-state index in [1.807, 2.05) is 0 Å². The molecule has 0 aromatic heterocycles. The Hall–Kier alpha value is -2.91. The fraction of sp³-hybridized carbons (Fsp3) is 0.745. The van der Waals surface area contributed by atoms with E-state index in [1.54, 1.807) is 0 Å². The summed E-state index contributed by atoms with van der Waals surface area (Å²) in [5, 5.41) is 31.0. The molecule has 0 saturated carbocycles. The Bertz CT molecular complexity index is 1520. The summed E-state index contributed by atoms with van der Waals surface area (Å²) in [7, 11) is -4.61. The number of aliphatic hydroxyl groups excluding tert-OH is 3. The van der Waals surface area contributed by atoms with E-state index in [1.165, 1.54) is 70.6 Å². The van der Waals surface area contributed by atoms with Crippen molar-refractivity contribution in [3.63, 3.8) is 0 Å². The van der Waals surface area contributed by atoms with Gasteiger partial charge in [0.1, 0.15) is 36.8 Å². The molecule has 0 aliphatic carbocycles. The van der Waals surface area contributed by atoms with Crippen LogP contribution in [0.4, 0.5) is 0 Å². The van der Waals surface area contributed by atoms with Crippen molar-refractivity contribution in [2.75, 3.05) is 19.0 Å². The van der Waals surface area contributed by atoms with E-state index in [0.717, 1.165) is 96.3 Å². The number of carbonyl (C=O) groups is 2. The summed E-state index contributed by atoms with van der Waals surface area (Å²) in [4.78, 5) is 25.6. The number of aliphatic hydroxyl groups is 3. The first-order valence-electron chi connectivity index (χ1n) is 26.5. The zero-order valence-corrected chi connectivity index (χ0v) is 43.0. The maximum atomic E-state index is 12.9. The van der Waals surface area contributed by atoms with Crippen molar-refractivity contribution < 1.29 is 56.8 Å². The molecule has 4 N–H and O–H groups in total. The van der Waals surface area contributed by atoms with Gasteiger partial charge in [-0.25, -0.2) is 0 Å². The van der Waals surface area contributed by atoms with Gasteiger partial charge >= 0.3 is 11.9 Å². The predicted molar refractivity (Wildman–Crippen MR) is 275 cm³/mol. The molecule has 0 bridgehead atoms. The minimum Gasteiger partial charge on any atom is -0.462 e. The molecule has 6 atom stereocenters. The summed E-state index contributed by atoms with van der Waals surface area (Å²) in [5.41, 5.74) is 0. The van der Waals surface area contributed by atoms with Crippen molar-refractivity contribution in [3.05, 3.63) is 72.9 Å². The molecule has 12 nitrogen and oxygen atoms in total. The quantitative estimate of drug-likeness (QED) is 0.0196. The van der Waals surface area contributed by atoms with Gasteiger partial charge < -0.3 is 34.3 Å². The highest BCUT2D eigenvalue weighted by Gasteiger charge is 2.46. The second-order valence-electron chi connectivity index (χ2n) is 18.2. The van der Waals surface area contributed by atoms with Crippen molar-refractivity contribution in [1.82, 2.24) is 0 Å². The molecule has 0 radical (unpaired) electrons. The fourth-order valence-electron chi connectivity index (χ4n) is 7.70. The van der Waals surface area contributed by atoms with Crippen LogP contribution in [0.1, 0.15) is 206 Å². The number of rotatable bonds is 44. The Labute approximate surface area is 412 Å². The smallest absolute Gasteiger partial charge is 0.306 e. The number of allylic oxidation sites excluding steroid dienone is 12. The Morgan fingerprint density at radius 2 is 0.926 bits per heavy atom. The normalized spacial score (nSPS) is 19.8. The zero-order valence-electron chi connectivity index (χ0n) is 42.2. The number of unbranched alkanes of at least 4 members (excludes halogenated alkanes) is 20. The second-order valence-corrected chi connectivity index (χ2v) is 19.7. The molecule has 1 fully saturated rings. The minimum atomic E-state index is -4.61. The summed E-state index contributed by atoms with van der Waals surface area (Å²) >= 11 is 0. The third kappa shape index (κ3) is 37.9. The molecular formula is C55H94O12S. The van der Waals surface area contributed by atoms with Crippen molar-refractivity contribution in [1.29, 1.82) is 0 Å². The van der Waals surface area contributed by atoms with Gasteiger partial charge in [-0.15, -0.1) is 0 Å². The number of carbonyl (C=O) groups excluding carboxylic acids is 2. The van der Waals surface area contributed by atoms with Crippen LogP contribution in [-0.4, -0.2) is 96.0 Å². The lowest BCUT2D eigenvalue weighted by Crippen LogP contribution is -2.60. The van der Waals surface area contributed by atoms with E-state index < -0.39 is 71.2 Å². The number of hydrogen-bond acceptors (Lipinski definition) is 11. The molecule has 0 aromatic carbocycles. The molecular weight excluding hydrogens is 885 g/mol. The Morgan fingerprint density at radius 3 is 1.38 bits per heavy atom. The first kappa shape index (κ1) is 63.1. The maximum absolute atomic E-state index is 12.9. The van der Waals surface area contributed by atoms with Crippen molar-refractivity contribution in [2.45, 2.75) is 243 Å². The van der Waals surface area contributed by atoms with Crippen molar-refractivity contribution in [3.8, 4) is 0 Å². The largest absolute Gasteiger partial charge is 0.462 e. The first-order valence-corrected chi connectivity index (χ1v) is 28.1. The van der Waals surface area contributed by atoms with Gasteiger partial charge in [0.25, 0.3) is 10.1 Å². The van der Waals surface area contributed by atoms with E-state index in [-0.39, 0.29) is 19.4 Å². The van der Waals surface area contributed by atoms with Gasteiger partial charge in [0, 0.05) is 12.8 Å². The maximum Gasteiger partial charge on any atom is 0.306 e. The van der Waals surface area contributed by atoms with Gasteiger partial charge in [-0.1, -0.05) is 183 Å². The lowest BCUT2D eigenvalue weighted by Gasteiger charge is -2.40. The van der Waals surface area contributed by atoms with Gasteiger partial charge in [0.15, 0.2) is 12.4 Å². The average molecular weight is 979 g/mol. The topological polar surface area (TPSA) is 186 Å². The van der Waals surface area contributed by atoms with Crippen LogP contribution in [0.15, 0.2) is 72.9 Å². The van der Waals surface area contributed by atoms with Gasteiger partial charge in [0.05, 0.1) is 6.61 Å². The van der Waals surface area contributed by atoms with Gasteiger partial charge in [-0.3, -0.25) is 14.1 Å². The molecule has 1 aliphatic rings. The molecule has 1 rings (SSSR count). The monoisotopic (exact) mass is 979 g/mol. The molecule has 1 heterocycles. The van der Waals surface area contributed by atoms with E-state index in [4.69, 9.17) is 18.9 Å². The molecule has 1 aliphatic heterocycles. The minimum absolute atomic E-state index is 0.144. The van der Waals surface area contributed by atoms with Gasteiger partial charge in [-0.2, -0.15) is 8.42 Å². The van der Waals surface area contributed by atoms with Crippen molar-refractivity contribution >= 4 is 22.1 Å². The molecule has 0 spiro atoms. The summed E-state index contributed by atoms with van der Waals surface area (Å²) in [6.45, 7) is 3.64. The predicted octanol–water partition coefficient (Wildman–Crippen LogP) is 12.2. The highest BCUT2D eigenvalue weighted by Crippen LogP contribution is 2.24. The Kier molecular flexibility index (Phi) is 40.9. The third-order valence-electron chi connectivity index (χ3n) is 11.8. The van der Waals surface area contributed by atoms with Crippen LogP contribution in [0.25, 0.3) is 0 Å². The summed E-state index contributed by atoms with van der Waals surface area (Å²) in [6.07, 6.45) is 47.9. The van der Waals surface area contributed by atoms with Crippen LogP contribution in [0.5, 0.6) is 0 Å². The van der Waals surface area contributed by atoms with E-state index in [2.05, 4.69) is 86.8 Å². The first-order chi connectivity index (χ1) is 33.0. The summed E-state index contributed by atoms with van der Waals surface area (Å²) in [6, 6.07) is 0. The SMILES string of the molecule is CC/C=C\C/C=C\C/C=C\C/C=C\CCCCCCCCC(=O)OC(COC(=O)CCCCCCCCCCC/C=C\C/C=C\CCCCCCC)COC1OC(CS(=O)(=O)O)C(O)C(O)C1O. The molecule has 0 amide bonds. The van der Waals surface area contributed by atoms with Gasteiger partial charge in [-0.05, 0) is 83.5 Å². The Morgan fingerprint density at radius 1 is 0.515 bits per heavy atom. The number of ether oxygens (including phenoxy) is 4. The summed E-state index contributed by atoms with van der Waals surface area (Å²) in [5.74, 6) is -2.01. The summed E-state index contributed by atoms with van der Waals surface area (Å²) < 4.78 is 54.3. The highest BCUT2D eigenvalue weighted by molar-refractivity contribution is 7.85. The van der Waals surface area contributed by atoms with Crippen LogP contribution >= 0.6 is 0 Å². The molecule has 1 saturated heterocycles. The third-order valence-corrected chi connectivity index (χ3v) is 12.5. The van der Waals surface area contributed by atoms with Crippen LogP contribution in [0.3, 0.4) is 0 Å².